The van der Waals surface area contributed by atoms with Crippen LogP contribution in [0.1, 0.15) is 103 Å². The fourth-order valence-electron chi connectivity index (χ4n) is 10.8. The standard InChI is InChI=1S/C60H86N16O12S/c1-7-64-56(86)47-16-12-24-76(47)58(88)41(15-11-23-65-59(61)62)69-51(81)42(25-33(3)4)73-57(87)49(60(5,6)89-8-2)75-54(84)43(26-34-17-19-37(78)20-18-34)70-55(85)46(31-77)74-52(82)44(27-35-29-66-39-14-10-9-13-38(35)39)71-53(83)45(28-36-30-63-32-67-36)72-50(80)40-21-22-48(79)68-40/h9-10,13-14,17-20,29-30,32-33,40-47,49,66,77-78H,7-8,11-12,15-16,21-28,31H2,1-6H3,(H,63,67)(H,64,86)(H,68,79)(H,69,81)(H,70,85)(H,71,83)(H,72,80)(H,73,87)(H,74,82)(H,75,84)(H4,61,62,65)/t40-,41-,42-,43-,44-,45-,46-,47-,49-/m0/s1. The summed E-state index contributed by atoms with van der Waals surface area (Å²) in [7, 11) is 0. The van der Waals surface area contributed by atoms with Crippen molar-refractivity contribution in [2.75, 3.05) is 32.0 Å². The molecule has 2 aromatic carbocycles. The number of hydrogen-bond donors (Lipinski definition) is 15. The highest BCUT2D eigenvalue weighted by Gasteiger charge is 2.43. The molecule has 0 unspecified atom stereocenters. The minimum atomic E-state index is -1.76. The fourth-order valence-corrected chi connectivity index (χ4v) is 11.8. The number of nitrogens with two attached hydrogens (primary N) is 2. The summed E-state index contributed by atoms with van der Waals surface area (Å²) < 4.78 is -1.10. The van der Waals surface area contributed by atoms with E-state index in [-0.39, 0.29) is 93.9 Å². The molecule has 0 spiro atoms. The zero-order chi connectivity index (χ0) is 65.0. The Morgan fingerprint density at radius 1 is 0.764 bits per heavy atom. The highest BCUT2D eigenvalue weighted by Crippen LogP contribution is 2.29. The summed E-state index contributed by atoms with van der Waals surface area (Å²) in [4.78, 5) is 156. The molecule has 10 amide bonds. The van der Waals surface area contributed by atoms with E-state index in [9.17, 15) is 58.2 Å². The lowest BCUT2D eigenvalue weighted by atomic mass is 9.97. The number of likely N-dealkylation sites (N-methyl/N-ethyl adjacent to an activating group) is 1. The number of carbonyl (C=O) groups is 10. The van der Waals surface area contributed by atoms with Crippen LogP contribution in [0.4, 0.5) is 0 Å². The Balaban J connectivity index is 1.25. The van der Waals surface area contributed by atoms with Gasteiger partial charge < -0.3 is 84.4 Å². The number of aliphatic hydroxyl groups is 1. The molecule has 2 fully saturated rings. The van der Waals surface area contributed by atoms with Gasteiger partial charge in [-0.25, -0.2) is 4.98 Å². The van der Waals surface area contributed by atoms with Gasteiger partial charge in [0.2, 0.25) is 59.1 Å². The Kier molecular flexibility index (Phi) is 25.7. The van der Waals surface area contributed by atoms with E-state index >= 15 is 0 Å². The number of benzene rings is 2. The normalized spacial score (nSPS) is 17.2. The summed E-state index contributed by atoms with van der Waals surface area (Å²) in [5, 5.41) is 46.2. The lowest BCUT2D eigenvalue weighted by Gasteiger charge is -2.36. The number of aliphatic hydroxyl groups excluding tert-OH is 1. The van der Waals surface area contributed by atoms with E-state index < -0.39 is 113 Å². The molecule has 4 aromatic rings. The number of nitrogens with zero attached hydrogens (tertiary/aromatic N) is 3. The second kappa shape index (κ2) is 33.0. The van der Waals surface area contributed by atoms with Gasteiger partial charge in [-0.2, -0.15) is 11.8 Å². The number of amides is 10. The molecular formula is C60H86N16O12S. The average molecular weight is 1260 g/mol. The Morgan fingerprint density at radius 3 is 2.02 bits per heavy atom. The Hall–Kier alpha value is -8.73. The molecule has 484 valence electrons. The summed E-state index contributed by atoms with van der Waals surface area (Å²) in [6, 6.07) is 1.40. The number of phenols is 1. The second-order valence-corrected chi connectivity index (χ2v) is 25.0. The fraction of sp³-hybridized carbons (Fsp3) is 0.533. The first kappa shape index (κ1) is 69.4. The van der Waals surface area contributed by atoms with Crippen molar-refractivity contribution in [1.29, 1.82) is 0 Å². The minimum Gasteiger partial charge on any atom is -0.508 e. The van der Waals surface area contributed by atoms with E-state index in [1.54, 1.807) is 45.2 Å². The van der Waals surface area contributed by atoms with E-state index in [0.29, 0.717) is 47.3 Å². The van der Waals surface area contributed by atoms with Gasteiger partial charge in [0.15, 0.2) is 5.96 Å². The molecule has 6 rings (SSSR count). The van der Waals surface area contributed by atoms with Gasteiger partial charge in [-0.1, -0.05) is 51.1 Å². The van der Waals surface area contributed by atoms with Crippen LogP contribution in [-0.2, 0) is 67.2 Å². The van der Waals surface area contributed by atoms with Gasteiger partial charge in [-0.15, -0.1) is 0 Å². The first-order valence-corrected chi connectivity index (χ1v) is 31.0. The number of aliphatic imine (C=N–C) groups is 1. The van der Waals surface area contributed by atoms with Crippen LogP contribution in [0.25, 0.3) is 10.9 Å². The molecule has 0 saturated carbocycles. The van der Waals surface area contributed by atoms with Crippen LogP contribution < -0.4 is 59.3 Å². The molecule has 29 heteroatoms. The van der Waals surface area contributed by atoms with Crippen molar-refractivity contribution in [3.05, 3.63) is 84.1 Å². The molecule has 9 atom stereocenters. The van der Waals surface area contributed by atoms with Gasteiger partial charge in [-0.05, 0) is 100 Å². The van der Waals surface area contributed by atoms with E-state index in [1.165, 1.54) is 53.5 Å². The second-order valence-electron chi connectivity index (χ2n) is 23.1. The summed E-state index contributed by atoms with van der Waals surface area (Å²) >= 11 is 1.32. The van der Waals surface area contributed by atoms with Crippen LogP contribution in [0.15, 0.2) is 72.2 Å². The van der Waals surface area contributed by atoms with E-state index in [4.69, 9.17) is 11.5 Å². The molecule has 0 bridgehead atoms. The Morgan fingerprint density at radius 2 is 1.39 bits per heavy atom. The number of imidazole rings is 1. The minimum absolute atomic E-state index is 0.0803. The van der Waals surface area contributed by atoms with E-state index in [1.807, 2.05) is 26.8 Å². The lowest BCUT2D eigenvalue weighted by Crippen LogP contribution is -2.64. The monoisotopic (exact) mass is 1250 g/mol. The van der Waals surface area contributed by atoms with Crippen molar-refractivity contribution in [1.82, 2.24) is 67.7 Å². The van der Waals surface area contributed by atoms with Crippen LogP contribution in [0, 0.1) is 5.92 Å². The van der Waals surface area contributed by atoms with Gasteiger partial charge in [-0.3, -0.25) is 52.9 Å². The van der Waals surface area contributed by atoms with Crippen LogP contribution in [0.3, 0.4) is 0 Å². The van der Waals surface area contributed by atoms with Crippen molar-refractivity contribution in [3.63, 3.8) is 0 Å². The maximum atomic E-state index is 14.9. The number of phenolic OH excluding ortho intramolecular Hbond substituents is 1. The highest BCUT2D eigenvalue weighted by atomic mass is 32.2. The van der Waals surface area contributed by atoms with Crippen molar-refractivity contribution in [3.8, 4) is 5.75 Å². The molecule has 2 aromatic heterocycles. The van der Waals surface area contributed by atoms with Gasteiger partial charge in [0, 0.05) is 79.1 Å². The molecule has 4 heterocycles. The number of carbonyl (C=O) groups excluding carboxylic acids is 10. The molecule has 0 radical (unpaired) electrons. The topological polar surface area (TPSA) is 432 Å². The number of aromatic hydroxyl groups is 1. The Labute approximate surface area is 520 Å². The number of aromatic amines is 2. The number of aromatic nitrogens is 3. The maximum Gasteiger partial charge on any atom is 0.245 e. The summed E-state index contributed by atoms with van der Waals surface area (Å²) in [6.07, 6.45) is 5.71. The van der Waals surface area contributed by atoms with Crippen molar-refractivity contribution in [2.45, 2.75) is 165 Å². The molecule has 2 aliphatic heterocycles. The van der Waals surface area contributed by atoms with Crippen molar-refractivity contribution >= 4 is 87.7 Å². The molecule has 89 heavy (non-hydrogen) atoms. The van der Waals surface area contributed by atoms with Crippen LogP contribution in [-0.4, -0.2) is 186 Å². The molecule has 0 aliphatic carbocycles. The van der Waals surface area contributed by atoms with Crippen LogP contribution >= 0.6 is 11.8 Å². The van der Waals surface area contributed by atoms with Gasteiger partial charge in [0.1, 0.15) is 60.1 Å². The predicted molar refractivity (Wildman–Crippen MR) is 333 cm³/mol. The van der Waals surface area contributed by atoms with Gasteiger partial charge in [0.05, 0.1) is 12.9 Å². The number of thioether (sulfide) groups is 1. The number of likely N-dealkylation sites (tertiary alicyclic amines) is 1. The third-order valence-corrected chi connectivity index (χ3v) is 16.6. The zero-order valence-electron chi connectivity index (χ0n) is 51.1. The van der Waals surface area contributed by atoms with Crippen LogP contribution in [0.5, 0.6) is 5.75 Å². The predicted octanol–water partition coefficient (Wildman–Crippen LogP) is -0.953. The maximum absolute atomic E-state index is 14.9. The van der Waals surface area contributed by atoms with Crippen molar-refractivity contribution in [2.24, 2.45) is 22.4 Å². The molecule has 28 nitrogen and oxygen atoms in total. The molecular weight excluding hydrogens is 1170 g/mol. The molecule has 2 aliphatic rings. The summed E-state index contributed by atoms with van der Waals surface area (Å²) in [5.41, 5.74) is 13.3. The quantitative estimate of drug-likeness (QED) is 0.0155. The SMILES string of the molecule is CCNC(=O)[C@@H]1CCCN1C(=O)[C@H](CCCN=C(N)N)NC(=O)[C@H](CC(C)C)NC(=O)[C@H](NC(=O)[C@H](Cc1ccc(O)cc1)NC(=O)[C@H](CO)NC(=O)[C@H](Cc1c[nH]c2ccccc12)NC(=O)[C@H](Cc1cnc[nH]1)NC(=O)[C@@H]1CCC(=O)N1)C(C)(C)SCC. The van der Waals surface area contributed by atoms with Crippen molar-refractivity contribution < 1.29 is 58.2 Å². The zero-order valence-corrected chi connectivity index (χ0v) is 51.9. The largest absolute Gasteiger partial charge is 0.508 e. The highest BCUT2D eigenvalue weighted by molar-refractivity contribution is 8.00. The lowest BCUT2D eigenvalue weighted by molar-refractivity contribution is -0.142. The van der Waals surface area contributed by atoms with Gasteiger partial charge >= 0.3 is 0 Å². The molecule has 17 N–H and O–H groups in total. The first-order valence-electron chi connectivity index (χ1n) is 30.0. The Bertz CT molecular complexity index is 3130. The number of para-hydroxylation sites is 1. The van der Waals surface area contributed by atoms with E-state index in [0.717, 1.165) is 5.52 Å². The number of fused-ring (bicyclic) bond motifs is 1. The third kappa shape index (κ3) is 20.1. The summed E-state index contributed by atoms with van der Waals surface area (Å²) in [5.74, 6) is -6.94. The number of rotatable bonds is 33. The smallest absolute Gasteiger partial charge is 0.245 e. The average Bonchev–Trinajstić information content (AvgIpc) is 3.88. The van der Waals surface area contributed by atoms with Gasteiger partial charge in [0.25, 0.3) is 0 Å². The summed E-state index contributed by atoms with van der Waals surface area (Å²) in [6.45, 7) is 10.5. The first-order chi connectivity index (χ1) is 42.4. The number of nitrogens with one attached hydrogen (secondary N) is 11. The molecule has 2 saturated heterocycles. The van der Waals surface area contributed by atoms with E-state index in [2.05, 4.69) is 67.8 Å². The number of hydrogen-bond acceptors (Lipinski definition) is 15. The van der Waals surface area contributed by atoms with Crippen LogP contribution in [0.2, 0.25) is 0 Å². The number of guanidine groups is 1. The third-order valence-electron chi connectivity index (χ3n) is 15.3. The number of H-pyrrole nitrogens is 2.